The van der Waals surface area contributed by atoms with E-state index < -0.39 is 0 Å². The second-order valence-corrected chi connectivity index (χ2v) is 5.83. The van der Waals surface area contributed by atoms with Crippen LogP contribution in [0.25, 0.3) is 0 Å². The standard InChI is InChI=1S/C13H28N2O2/c1-10(9-16)15-12(17)6-5-11(7-8-14)13(2,3)4/h10-11,16H,5-9,14H2,1-4H3,(H,15,17)/t10-,11?/m0/s1. The molecule has 0 saturated carbocycles. The van der Waals surface area contributed by atoms with Crippen molar-refractivity contribution in [1.82, 2.24) is 5.32 Å². The van der Waals surface area contributed by atoms with Crippen molar-refractivity contribution in [3.05, 3.63) is 0 Å². The van der Waals surface area contributed by atoms with Crippen LogP contribution in [-0.4, -0.2) is 30.2 Å². The fourth-order valence-electron chi connectivity index (χ4n) is 1.91. The third-order valence-electron chi connectivity index (χ3n) is 3.14. The van der Waals surface area contributed by atoms with Crippen LogP contribution in [-0.2, 0) is 4.79 Å². The number of rotatable bonds is 7. The monoisotopic (exact) mass is 244 g/mol. The van der Waals surface area contributed by atoms with Crippen LogP contribution in [0, 0.1) is 11.3 Å². The lowest BCUT2D eigenvalue weighted by Gasteiger charge is -2.30. The maximum Gasteiger partial charge on any atom is 0.220 e. The van der Waals surface area contributed by atoms with Crippen LogP contribution < -0.4 is 11.1 Å². The summed E-state index contributed by atoms with van der Waals surface area (Å²) in [6.45, 7) is 8.98. The second kappa shape index (κ2) is 7.67. The van der Waals surface area contributed by atoms with Gasteiger partial charge in [0.1, 0.15) is 0 Å². The molecule has 4 N–H and O–H groups in total. The molecule has 0 radical (unpaired) electrons. The average Bonchev–Trinajstić information content (AvgIpc) is 2.22. The van der Waals surface area contributed by atoms with Gasteiger partial charge < -0.3 is 16.2 Å². The Morgan fingerprint density at radius 2 is 1.94 bits per heavy atom. The van der Waals surface area contributed by atoms with Gasteiger partial charge in [-0.3, -0.25) is 4.79 Å². The summed E-state index contributed by atoms with van der Waals surface area (Å²) in [5.41, 5.74) is 5.78. The van der Waals surface area contributed by atoms with Crippen molar-refractivity contribution < 1.29 is 9.90 Å². The Morgan fingerprint density at radius 3 is 2.35 bits per heavy atom. The minimum Gasteiger partial charge on any atom is -0.394 e. The van der Waals surface area contributed by atoms with Crippen molar-refractivity contribution in [2.45, 2.75) is 53.0 Å². The summed E-state index contributed by atoms with van der Waals surface area (Å²) in [6.07, 6.45) is 2.31. The summed E-state index contributed by atoms with van der Waals surface area (Å²) in [6, 6.07) is -0.162. The average molecular weight is 244 g/mol. The Hall–Kier alpha value is -0.610. The molecule has 1 unspecified atom stereocenters. The third kappa shape index (κ3) is 7.34. The van der Waals surface area contributed by atoms with Gasteiger partial charge in [0.25, 0.3) is 0 Å². The van der Waals surface area contributed by atoms with Crippen molar-refractivity contribution >= 4 is 5.91 Å². The number of carbonyl (C=O) groups is 1. The van der Waals surface area contributed by atoms with Gasteiger partial charge in [0.05, 0.1) is 6.61 Å². The molecule has 0 aromatic carbocycles. The van der Waals surface area contributed by atoms with Gasteiger partial charge in [0, 0.05) is 12.5 Å². The molecule has 1 amide bonds. The number of aliphatic hydroxyl groups excluding tert-OH is 1. The highest BCUT2D eigenvalue weighted by atomic mass is 16.3. The van der Waals surface area contributed by atoms with Gasteiger partial charge in [0.2, 0.25) is 5.91 Å². The highest BCUT2D eigenvalue weighted by Crippen LogP contribution is 2.31. The fraction of sp³-hybridized carbons (Fsp3) is 0.923. The first kappa shape index (κ1) is 16.4. The minimum absolute atomic E-state index is 0.0119. The molecule has 4 nitrogen and oxygen atoms in total. The summed E-state index contributed by atoms with van der Waals surface area (Å²) in [5.74, 6) is 0.473. The molecule has 2 atom stereocenters. The summed E-state index contributed by atoms with van der Waals surface area (Å²) < 4.78 is 0. The molecule has 0 aromatic rings. The van der Waals surface area contributed by atoms with Crippen LogP contribution in [0.1, 0.15) is 47.0 Å². The van der Waals surface area contributed by atoms with Gasteiger partial charge in [-0.1, -0.05) is 20.8 Å². The highest BCUT2D eigenvalue weighted by Gasteiger charge is 2.24. The Labute approximate surface area is 105 Å². The molecule has 0 fully saturated rings. The van der Waals surface area contributed by atoms with Gasteiger partial charge >= 0.3 is 0 Å². The first-order chi connectivity index (χ1) is 7.81. The van der Waals surface area contributed by atoms with E-state index in [1.807, 2.05) is 0 Å². The number of nitrogens with one attached hydrogen (secondary N) is 1. The zero-order chi connectivity index (χ0) is 13.5. The molecular weight excluding hydrogens is 216 g/mol. The normalized spacial score (nSPS) is 15.4. The van der Waals surface area contributed by atoms with Crippen LogP contribution >= 0.6 is 0 Å². The molecule has 0 aromatic heterocycles. The van der Waals surface area contributed by atoms with Crippen molar-refractivity contribution in [3.63, 3.8) is 0 Å². The molecule has 102 valence electrons. The van der Waals surface area contributed by atoms with Crippen LogP contribution in [0.15, 0.2) is 0 Å². The predicted octanol–water partition coefficient (Wildman–Crippen LogP) is 1.27. The molecule has 0 rings (SSSR count). The van der Waals surface area contributed by atoms with E-state index in [1.165, 1.54) is 0 Å². The number of carbonyl (C=O) groups excluding carboxylic acids is 1. The zero-order valence-electron chi connectivity index (χ0n) is 11.6. The van der Waals surface area contributed by atoms with E-state index in [9.17, 15) is 4.79 Å². The Balaban J connectivity index is 4.09. The molecule has 0 aliphatic rings. The van der Waals surface area contributed by atoms with Gasteiger partial charge in [-0.05, 0) is 37.6 Å². The lowest BCUT2D eigenvalue weighted by molar-refractivity contribution is -0.122. The molecule has 0 aliphatic heterocycles. The molecule has 17 heavy (non-hydrogen) atoms. The summed E-state index contributed by atoms with van der Waals surface area (Å²) >= 11 is 0. The van der Waals surface area contributed by atoms with E-state index in [2.05, 4.69) is 26.1 Å². The number of hydrogen-bond acceptors (Lipinski definition) is 3. The maximum atomic E-state index is 11.6. The smallest absolute Gasteiger partial charge is 0.220 e. The van der Waals surface area contributed by atoms with E-state index in [0.717, 1.165) is 12.8 Å². The van der Waals surface area contributed by atoms with E-state index in [-0.39, 0.29) is 24.0 Å². The SMILES string of the molecule is C[C@@H](CO)NC(=O)CCC(CCN)C(C)(C)C. The second-order valence-electron chi connectivity index (χ2n) is 5.83. The van der Waals surface area contributed by atoms with Crippen LogP contribution in [0.5, 0.6) is 0 Å². The molecule has 0 aliphatic carbocycles. The molecule has 4 heteroatoms. The van der Waals surface area contributed by atoms with Crippen molar-refractivity contribution in [1.29, 1.82) is 0 Å². The summed E-state index contributed by atoms with van der Waals surface area (Å²) in [4.78, 5) is 11.6. The largest absolute Gasteiger partial charge is 0.394 e. The van der Waals surface area contributed by atoms with Gasteiger partial charge in [0.15, 0.2) is 0 Å². The van der Waals surface area contributed by atoms with Gasteiger partial charge in [-0.25, -0.2) is 0 Å². The minimum atomic E-state index is -0.162. The van der Waals surface area contributed by atoms with Crippen LogP contribution in [0.3, 0.4) is 0 Å². The topological polar surface area (TPSA) is 75.3 Å². The lowest BCUT2D eigenvalue weighted by atomic mass is 9.76. The fourth-order valence-corrected chi connectivity index (χ4v) is 1.91. The van der Waals surface area contributed by atoms with E-state index in [4.69, 9.17) is 10.8 Å². The molecule has 0 saturated heterocycles. The van der Waals surface area contributed by atoms with Crippen LogP contribution in [0.4, 0.5) is 0 Å². The molecule has 0 heterocycles. The quantitative estimate of drug-likeness (QED) is 0.631. The third-order valence-corrected chi connectivity index (χ3v) is 3.14. The Kier molecular flexibility index (Phi) is 7.39. The number of nitrogens with two attached hydrogens (primary N) is 1. The van der Waals surface area contributed by atoms with E-state index in [0.29, 0.717) is 18.9 Å². The van der Waals surface area contributed by atoms with Crippen molar-refractivity contribution in [3.8, 4) is 0 Å². The van der Waals surface area contributed by atoms with Gasteiger partial charge in [-0.15, -0.1) is 0 Å². The van der Waals surface area contributed by atoms with Crippen molar-refractivity contribution in [2.75, 3.05) is 13.2 Å². The molecule has 0 bridgehead atoms. The first-order valence-electron chi connectivity index (χ1n) is 6.41. The Bertz CT molecular complexity index is 224. The first-order valence-corrected chi connectivity index (χ1v) is 6.41. The highest BCUT2D eigenvalue weighted by molar-refractivity contribution is 5.76. The summed E-state index contributed by atoms with van der Waals surface area (Å²) in [7, 11) is 0. The van der Waals surface area contributed by atoms with Crippen molar-refractivity contribution in [2.24, 2.45) is 17.1 Å². The van der Waals surface area contributed by atoms with E-state index in [1.54, 1.807) is 6.92 Å². The predicted molar refractivity (Wildman–Crippen MR) is 70.5 cm³/mol. The number of hydrogen-bond donors (Lipinski definition) is 3. The van der Waals surface area contributed by atoms with E-state index >= 15 is 0 Å². The van der Waals surface area contributed by atoms with Crippen LogP contribution in [0.2, 0.25) is 0 Å². The lowest BCUT2D eigenvalue weighted by Crippen LogP contribution is -2.35. The number of amides is 1. The molecule has 0 spiro atoms. The molecular formula is C13H28N2O2. The summed E-state index contributed by atoms with van der Waals surface area (Å²) in [5, 5.41) is 11.6. The van der Waals surface area contributed by atoms with Gasteiger partial charge in [-0.2, -0.15) is 0 Å². The Morgan fingerprint density at radius 1 is 1.35 bits per heavy atom. The number of aliphatic hydroxyl groups is 1. The maximum absolute atomic E-state index is 11.6. The zero-order valence-corrected chi connectivity index (χ0v) is 11.6.